The zero-order valence-corrected chi connectivity index (χ0v) is 15.3. The Morgan fingerprint density at radius 1 is 1.15 bits per heavy atom. The standard InChI is InChI=1S/C20H21N3O3/c1-5-16-12(3)21-19(17-10-11(2)13(4)26-17)23-18(16)22-15-8-6-14(7-9-15)20(24)25/h6-10H,5H2,1-4H3,(H,24,25)(H,21,22,23). The number of hydrogen-bond acceptors (Lipinski definition) is 5. The summed E-state index contributed by atoms with van der Waals surface area (Å²) in [6.45, 7) is 7.89. The summed E-state index contributed by atoms with van der Waals surface area (Å²) in [7, 11) is 0. The van der Waals surface area contributed by atoms with Crippen LogP contribution in [0.25, 0.3) is 11.6 Å². The second-order valence-corrected chi connectivity index (χ2v) is 6.17. The number of carboxylic acids is 1. The van der Waals surface area contributed by atoms with E-state index in [1.807, 2.05) is 33.8 Å². The molecule has 0 aliphatic carbocycles. The molecule has 2 N–H and O–H groups in total. The largest absolute Gasteiger partial charge is 0.478 e. The average molecular weight is 351 g/mol. The predicted octanol–water partition coefficient (Wildman–Crippen LogP) is 4.67. The fourth-order valence-corrected chi connectivity index (χ4v) is 2.75. The quantitative estimate of drug-likeness (QED) is 0.695. The molecule has 6 heteroatoms. The lowest BCUT2D eigenvalue weighted by atomic mass is 10.1. The van der Waals surface area contributed by atoms with Crippen molar-refractivity contribution in [3.05, 3.63) is 58.5 Å². The van der Waals surface area contributed by atoms with Gasteiger partial charge in [0.05, 0.1) is 5.56 Å². The average Bonchev–Trinajstić information content (AvgIpc) is 2.94. The van der Waals surface area contributed by atoms with Crippen LogP contribution in [-0.2, 0) is 6.42 Å². The molecule has 6 nitrogen and oxygen atoms in total. The molecular weight excluding hydrogens is 330 g/mol. The highest BCUT2D eigenvalue weighted by Gasteiger charge is 2.15. The lowest BCUT2D eigenvalue weighted by Crippen LogP contribution is -2.05. The SMILES string of the molecule is CCc1c(C)nc(-c2cc(C)c(C)o2)nc1Nc1ccc(C(=O)O)cc1. The van der Waals surface area contributed by atoms with Crippen LogP contribution < -0.4 is 5.32 Å². The van der Waals surface area contributed by atoms with Gasteiger partial charge in [-0.3, -0.25) is 0 Å². The van der Waals surface area contributed by atoms with Crippen molar-refractivity contribution < 1.29 is 14.3 Å². The van der Waals surface area contributed by atoms with Gasteiger partial charge in [0.1, 0.15) is 11.6 Å². The van der Waals surface area contributed by atoms with Gasteiger partial charge in [-0.2, -0.15) is 0 Å². The highest BCUT2D eigenvalue weighted by molar-refractivity contribution is 5.88. The monoisotopic (exact) mass is 351 g/mol. The van der Waals surface area contributed by atoms with E-state index in [-0.39, 0.29) is 5.56 Å². The lowest BCUT2D eigenvalue weighted by Gasteiger charge is -2.13. The number of carboxylic acid groups (broad SMARTS) is 1. The highest BCUT2D eigenvalue weighted by Crippen LogP contribution is 2.28. The van der Waals surface area contributed by atoms with Crippen LogP contribution in [-0.4, -0.2) is 21.0 Å². The number of rotatable bonds is 5. The van der Waals surface area contributed by atoms with Gasteiger partial charge in [0.25, 0.3) is 0 Å². The number of nitrogens with one attached hydrogen (secondary N) is 1. The first-order chi connectivity index (χ1) is 12.4. The summed E-state index contributed by atoms with van der Waals surface area (Å²) >= 11 is 0. The van der Waals surface area contributed by atoms with E-state index in [2.05, 4.69) is 15.3 Å². The maximum Gasteiger partial charge on any atom is 0.335 e. The Kier molecular flexibility index (Phi) is 4.75. The van der Waals surface area contributed by atoms with Gasteiger partial charge in [0.15, 0.2) is 11.6 Å². The summed E-state index contributed by atoms with van der Waals surface area (Å²) in [5.74, 6) is 1.76. The summed E-state index contributed by atoms with van der Waals surface area (Å²) in [6.07, 6.45) is 0.776. The third-order valence-electron chi connectivity index (χ3n) is 4.35. The maximum atomic E-state index is 11.0. The molecule has 3 rings (SSSR count). The minimum Gasteiger partial charge on any atom is -0.478 e. The van der Waals surface area contributed by atoms with Crippen LogP contribution in [0, 0.1) is 20.8 Å². The van der Waals surface area contributed by atoms with Gasteiger partial charge in [-0.15, -0.1) is 0 Å². The first-order valence-corrected chi connectivity index (χ1v) is 8.44. The fourth-order valence-electron chi connectivity index (χ4n) is 2.75. The van der Waals surface area contributed by atoms with Gasteiger partial charge in [-0.25, -0.2) is 14.8 Å². The number of nitrogens with zero attached hydrogens (tertiary/aromatic N) is 2. The van der Waals surface area contributed by atoms with Crippen LogP contribution in [0.4, 0.5) is 11.5 Å². The molecule has 0 spiro atoms. The predicted molar refractivity (Wildman–Crippen MR) is 100 cm³/mol. The van der Waals surface area contributed by atoms with Crippen molar-refractivity contribution in [2.75, 3.05) is 5.32 Å². The van der Waals surface area contributed by atoms with Crippen LogP contribution >= 0.6 is 0 Å². The molecule has 0 unspecified atom stereocenters. The smallest absolute Gasteiger partial charge is 0.335 e. The highest BCUT2D eigenvalue weighted by atomic mass is 16.4. The molecule has 0 saturated carbocycles. The molecule has 0 bridgehead atoms. The van der Waals surface area contributed by atoms with Crippen molar-refractivity contribution in [1.29, 1.82) is 0 Å². The van der Waals surface area contributed by atoms with Crippen molar-refractivity contribution >= 4 is 17.5 Å². The lowest BCUT2D eigenvalue weighted by molar-refractivity contribution is 0.0697. The Balaban J connectivity index is 2.00. The minimum absolute atomic E-state index is 0.243. The molecule has 0 amide bonds. The van der Waals surface area contributed by atoms with Crippen LogP contribution in [0.1, 0.15) is 39.9 Å². The number of furan rings is 1. The van der Waals surface area contributed by atoms with Gasteiger partial charge in [-0.1, -0.05) is 6.92 Å². The van der Waals surface area contributed by atoms with E-state index >= 15 is 0 Å². The Labute approximate surface area is 151 Å². The van der Waals surface area contributed by atoms with Gasteiger partial charge < -0.3 is 14.8 Å². The van der Waals surface area contributed by atoms with E-state index in [1.165, 1.54) is 0 Å². The van der Waals surface area contributed by atoms with E-state index in [9.17, 15) is 4.79 Å². The number of aromatic carboxylic acids is 1. The van der Waals surface area contributed by atoms with Crippen molar-refractivity contribution in [2.24, 2.45) is 0 Å². The second-order valence-electron chi connectivity index (χ2n) is 6.17. The molecule has 0 atom stereocenters. The molecule has 0 fully saturated rings. The molecule has 0 saturated heterocycles. The third-order valence-corrected chi connectivity index (χ3v) is 4.35. The number of carbonyl (C=O) groups is 1. The summed E-state index contributed by atoms with van der Waals surface area (Å²) in [5.41, 5.74) is 3.96. The van der Waals surface area contributed by atoms with Gasteiger partial charge >= 0.3 is 5.97 Å². The molecular formula is C20H21N3O3. The van der Waals surface area contributed by atoms with Crippen LogP contribution in [0.2, 0.25) is 0 Å². The Hall–Kier alpha value is -3.15. The van der Waals surface area contributed by atoms with Crippen LogP contribution in [0.15, 0.2) is 34.7 Å². The van der Waals surface area contributed by atoms with Crippen LogP contribution in [0.3, 0.4) is 0 Å². The minimum atomic E-state index is -0.950. The first kappa shape index (κ1) is 17.7. The summed E-state index contributed by atoms with van der Waals surface area (Å²) in [4.78, 5) is 20.2. The third kappa shape index (κ3) is 3.44. The zero-order chi connectivity index (χ0) is 18.8. The first-order valence-electron chi connectivity index (χ1n) is 8.44. The van der Waals surface area contributed by atoms with E-state index in [0.29, 0.717) is 17.4 Å². The zero-order valence-electron chi connectivity index (χ0n) is 15.3. The normalized spacial score (nSPS) is 10.8. The molecule has 0 aliphatic rings. The van der Waals surface area contributed by atoms with E-state index in [4.69, 9.17) is 9.52 Å². The topological polar surface area (TPSA) is 88.3 Å². The summed E-state index contributed by atoms with van der Waals surface area (Å²) < 4.78 is 5.76. The van der Waals surface area contributed by atoms with Crippen molar-refractivity contribution in [3.8, 4) is 11.6 Å². The summed E-state index contributed by atoms with van der Waals surface area (Å²) in [6, 6.07) is 8.50. The molecule has 2 aromatic heterocycles. The molecule has 26 heavy (non-hydrogen) atoms. The van der Waals surface area contributed by atoms with E-state index in [1.54, 1.807) is 24.3 Å². The van der Waals surface area contributed by atoms with Crippen molar-refractivity contribution in [1.82, 2.24) is 9.97 Å². The van der Waals surface area contributed by atoms with Gasteiger partial charge in [0, 0.05) is 16.9 Å². The van der Waals surface area contributed by atoms with Gasteiger partial charge in [0.2, 0.25) is 0 Å². The molecule has 0 aliphatic heterocycles. The Morgan fingerprint density at radius 3 is 2.38 bits per heavy atom. The number of aromatic nitrogens is 2. The van der Waals surface area contributed by atoms with Crippen molar-refractivity contribution in [3.63, 3.8) is 0 Å². The molecule has 134 valence electrons. The van der Waals surface area contributed by atoms with Gasteiger partial charge in [-0.05, 0) is 63.1 Å². The maximum absolute atomic E-state index is 11.0. The Morgan fingerprint density at radius 2 is 1.85 bits per heavy atom. The molecule has 0 radical (unpaired) electrons. The van der Waals surface area contributed by atoms with E-state index < -0.39 is 5.97 Å². The van der Waals surface area contributed by atoms with E-state index in [0.717, 1.165) is 34.7 Å². The molecule has 3 aromatic rings. The number of aryl methyl sites for hydroxylation is 3. The van der Waals surface area contributed by atoms with Crippen molar-refractivity contribution in [2.45, 2.75) is 34.1 Å². The Bertz CT molecular complexity index is 940. The number of benzene rings is 1. The molecule has 2 heterocycles. The van der Waals surface area contributed by atoms with Crippen LogP contribution in [0.5, 0.6) is 0 Å². The summed E-state index contributed by atoms with van der Waals surface area (Å²) in [5, 5.41) is 12.3. The number of anilines is 2. The fraction of sp³-hybridized carbons (Fsp3) is 0.250. The molecule has 1 aromatic carbocycles. The number of hydrogen-bond donors (Lipinski definition) is 2. The second kappa shape index (κ2) is 7.00.